The van der Waals surface area contributed by atoms with Crippen LogP contribution in [0, 0.1) is 22.7 Å². The Bertz CT molecular complexity index is 1900. The first-order valence-electron chi connectivity index (χ1n) is 24.0. The normalized spacial score (nSPS) is 11.9. The van der Waals surface area contributed by atoms with Crippen LogP contribution in [0.5, 0.6) is 11.5 Å². The van der Waals surface area contributed by atoms with E-state index >= 15 is 0 Å². The number of unbranched alkanes of at least 4 members (excludes halogenated alkanes) is 14. The average Bonchev–Trinajstić information content (AvgIpc) is 3.34. The van der Waals surface area contributed by atoms with Crippen molar-refractivity contribution in [3.8, 4) is 45.9 Å². The fourth-order valence-corrected chi connectivity index (χ4v) is 7.25. The molecule has 0 aliphatic carbocycles. The van der Waals surface area contributed by atoms with Gasteiger partial charge >= 0.3 is 11.9 Å². The summed E-state index contributed by atoms with van der Waals surface area (Å²) in [5, 5.41) is 18.0. The zero-order valence-corrected chi connectivity index (χ0v) is 39.3. The Balaban J connectivity index is 0.860. The standard InChI is InChI=1S/C56H70N2O8/c1-45(43-61-37-15-11-7-3-5-9-13-17-39-63-53-31-27-51(28-32-53)49-23-19-47(41-57)20-24-49)65-55(59)35-36-56(60)66-46(2)44-62-38-16-12-8-4-6-10-14-18-40-64-54-33-29-52(30-34-54)50-25-21-48(42-58)22-26-50/h19-36,45-46H,3-18,37-40,43-44H2,1-2H3/b36-35+/t45-,46-/m1/s1. The van der Waals surface area contributed by atoms with E-state index in [1.54, 1.807) is 13.8 Å². The van der Waals surface area contributed by atoms with Crippen molar-refractivity contribution in [3.05, 3.63) is 120 Å². The number of nitrogens with zero attached hydrogens (tertiary/aromatic N) is 2. The summed E-state index contributed by atoms with van der Waals surface area (Å²) in [5.41, 5.74) is 5.69. The largest absolute Gasteiger partial charge is 0.494 e. The topological polar surface area (TPSA) is 137 Å². The second-order valence-electron chi connectivity index (χ2n) is 16.8. The van der Waals surface area contributed by atoms with Crippen molar-refractivity contribution >= 4 is 11.9 Å². The molecule has 0 N–H and O–H groups in total. The van der Waals surface area contributed by atoms with Gasteiger partial charge in [0.1, 0.15) is 23.7 Å². The smallest absolute Gasteiger partial charge is 0.331 e. The molecule has 0 aliphatic rings. The van der Waals surface area contributed by atoms with Gasteiger partial charge < -0.3 is 28.4 Å². The van der Waals surface area contributed by atoms with Crippen LogP contribution in [-0.4, -0.2) is 63.8 Å². The molecule has 0 saturated carbocycles. The van der Waals surface area contributed by atoms with Gasteiger partial charge in [-0.3, -0.25) is 0 Å². The molecule has 0 saturated heterocycles. The molecule has 10 nitrogen and oxygen atoms in total. The first-order valence-corrected chi connectivity index (χ1v) is 24.0. The Morgan fingerprint density at radius 2 is 0.697 bits per heavy atom. The summed E-state index contributed by atoms with van der Waals surface area (Å²) in [6, 6.07) is 35.7. The number of benzene rings is 4. The highest BCUT2D eigenvalue weighted by molar-refractivity contribution is 5.91. The molecule has 0 bridgehead atoms. The molecular weight excluding hydrogens is 829 g/mol. The molecule has 0 aromatic heterocycles. The molecule has 4 rings (SSSR count). The maximum Gasteiger partial charge on any atom is 0.331 e. The lowest BCUT2D eigenvalue weighted by atomic mass is 10.0. The molecular formula is C56H70N2O8. The molecule has 0 aliphatic heterocycles. The molecule has 2 atom stereocenters. The number of rotatable bonds is 34. The van der Waals surface area contributed by atoms with Crippen LogP contribution in [0.3, 0.4) is 0 Å². The monoisotopic (exact) mass is 899 g/mol. The van der Waals surface area contributed by atoms with E-state index < -0.39 is 24.1 Å². The maximum atomic E-state index is 12.2. The molecule has 0 heterocycles. The minimum Gasteiger partial charge on any atom is -0.494 e. The Kier molecular flexibility index (Phi) is 26.1. The Morgan fingerprint density at radius 3 is 1.00 bits per heavy atom. The summed E-state index contributed by atoms with van der Waals surface area (Å²) in [6.45, 7) is 6.82. The van der Waals surface area contributed by atoms with Gasteiger partial charge in [-0.15, -0.1) is 0 Å². The third-order valence-electron chi connectivity index (χ3n) is 11.0. The van der Waals surface area contributed by atoms with Crippen LogP contribution in [0.15, 0.2) is 109 Å². The van der Waals surface area contributed by atoms with Gasteiger partial charge in [-0.05, 0) is 110 Å². The summed E-state index contributed by atoms with van der Waals surface area (Å²) in [5.74, 6) is 0.534. The van der Waals surface area contributed by atoms with Crippen LogP contribution in [0.1, 0.15) is 128 Å². The fourth-order valence-electron chi connectivity index (χ4n) is 7.25. The number of hydrogen-bond donors (Lipinski definition) is 0. The second-order valence-corrected chi connectivity index (χ2v) is 16.8. The lowest BCUT2D eigenvalue weighted by Gasteiger charge is -2.13. The molecule has 10 heteroatoms. The summed E-state index contributed by atoms with van der Waals surface area (Å²) >= 11 is 0. The number of ether oxygens (including phenoxy) is 6. The molecule has 4 aromatic carbocycles. The molecule has 0 radical (unpaired) electrons. The van der Waals surface area contributed by atoms with E-state index in [1.165, 1.54) is 51.4 Å². The third-order valence-corrected chi connectivity index (χ3v) is 11.0. The highest BCUT2D eigenvalue weighted by atomic mass is 16.6. The second kappa shape index (κ2) is 32.7. The molecule has 0 spiro atoms. The number of nitriles is 2. The van der Waals surface area contributed by atoms with Gasteiger partial charge in [0, 0.05) is 25.4 Å². The van der Waals surface area contributed by atoms with Crippen LogP contribution < -0.4 is 9.47 Å². The third kappa shape index (κ3) is 22.8. The van der Waals surface area contributed by atoms with Crippen LogP contribution in [-0.2, 0) is 28.5 Å². The van der Waals surface area contributed by atoms with E-state index in [2.05, 4.69) is 12.1 Å². The van der Waals surface area contributed by atoms with Crippen molar-refractivity contribution in [2.24, 2.45) is 0 Å². The van der Waals surface area contributed by atoms with Gasteiger partial charge in [-0.1, -0.05) is 126 Å². The number of carbonyl (C=O) groups excluding carboxylic acids is 2. The van der Waals surface area contributed by atoms with Gasteiger partial charge in [-0.2, -0.15) is 10.5 Å². The van der Waals surface area contributed by atoms with Crippen molar-refractivity contribution < 1.29 is 38.0 Å². The zero-order chi connectivity index (χ0) is 46.9. The lowest BCUT2D eigenvalue weighted by molar-refractivity contribution is -0.147. The van der Waals surface area contributed by atoms with E-state index in [0.29, 0.717) is 50.8 Å². The highest BCUT2D eigenvalue weighted by Crippen LogP contribution is 2.25. The minimum atomic E-state index is -0.609. The summed E-state index contributed by atoms with van der Waals surface area (Å²) in [6.07, 6.45) is 19.4. The first kappa shape index (κ1) is 52.7. The summed E-state index contributed by atoms with van der Waals surface area (Å²) in [7, 11) is 0. The SMILES string of the molecule is C[C@H](COCCCCCCCCCCOc1ccc(-c2ccc(C#N)cc2)cc1)OC(=O)/C=C/C(=O)O[C@H](C)COCCCCCCCCCCOc1ccc(-c2ccc(C#N)cc2)cc1. The van der Waals surface area contributed by atoms with Crippen molar-refractivity contribution in [3.63, 3.8) is 0 Å². The predicted molar refractivity (Wildman–Crippen MR) is 260 cm³/mol. The molecule has 0 fully saturated rings. The summed E-state index contributed by atoms with van der Waals surface area (Å²) in [4.78, 5) is 24.4. The molecule has 352 valence electrons. The average molecular weight is 899 g/mol. The molecule has 4 aromatic rings. The van der Waals surface area contributed by atoms with Crippen LogP contribution in [0.4, 0.5) is 0 Å². The molecule has 66 heavy (non-hydrogen) atoms. The molecule has 0 unspecified atom stereocenters. The Morgan fingerprint density at radius 1 is 0.424 bits per heavy atom. The number of esters is 2. The lowest BCUT2D eigenvalue weighted by Crippen LogP contribution is -2.21. The number of hydrogen-bond acceptors (Lipinski definition) is 10. The Hall–Kier alpha value is -5.94. The van der Waals surface area contributed by atoms with E-state index in [4.69, 9.17) is 38.9 Å². The minimum absolute atomic E-state index is 0.305. The maximum absolute atomic E-state index is 12.2. The van der Waals surface area contributed by atoms with Gasteiger partial charge in [-0.25, -0.2) is 9.59 Å². The van der Waals surface area contributed by atoms with Gasteiger partial charge in [0.2, 0.25) is 0 Å². The van der Waals surface area contributed by atoms with Crippen molar-refractivity contribution in [1.82, 2.24) is 0 Å². The predicted octanol–water partition coefficient (Wildman–Crippen LogP) is 12.9. The van der Waals surface area contributed by atoms with E-state index in [0.717, 1.165) is 97.3 Å². The Labute approximate surface area is 393 Å². The molecule has 0 amide bonds. The van der Waals surface area contributed by atoms with Crippen LogP contribution in [0.25, 0.3) is 22.3 Å². The fraction of sp³-hybridized carbons (Fsp3) is 0.464. The van der Waals surface area contributed by atoms with Crippen LogP contribution in [0.2, 0.25) is 0 Å². The van der Waals surface area contributed by atoms with Gasteiger partial charge in [0.05, 0.1) is 49.7 Å². The van der Waals surface area contributed by atoms with E-state index in [9.17, 15) is 9.59 Å². The number of carbonyl (C=O) groups is 2. The van der Waals surface area contributed by atoms with E-state index in [-0.39, 0.29) is 0 Å². The van der Waals surface area contributed by atoms with Crippen molar-refractivity contribution in [1.29, 1.82) is 10.5 Å². The quantitative estimate of drug-likeness (QED) is 0.0253. The zero-order valence-electron chi connectivity index (χ0n) is 39.3. The van der Waals surface area contributed by atoms with Gasteiger partial charge in [0.15, 0.2) is 0 Å². The van der Waals surface area contributed by atoms with Crippen molar-refractivity contribution in [2.45, 2.75) is 129 Å². The van der Waals surface area contributed by atoms with Gasteiger partial charge in [0.25, 0.3) is 0 Å². The highest BCUT2D eigenvalue weighted by Gasteiger charge is 2.11. The van der Waals surface area contributed by atoms with Crippen molar-refractivity contribution in [2.75, 3.05) is 39.6 Å². The van der Waals surface area contributed by atoms with Crippen LogP contribution >= 0.6 is 0 Å². The van der Waals surface area contributed by atoms with E-state index in [1.807, 2.05) is 97.1 Å². The first-order chi connectivity index (χ1) is 32.3. The summed E-state index contributed by atoms with van der Waals surface area (Å²) < 4.78 is 33.9.